The molecule has 0 saturated heterocycles. The number of anilines is 2. The third kappa shape index (κ3) is 3.17. The van der Waals surface area contributed by atoms with Crippen LogP contribution in [0.4, 0.5) is 11.4 Å². The normalized spacial score (nSPS) is 16.9. The Balaban J connectivity index is 1.55. The molecule has 0 radical (unpaired) electrons. The fourth-order valence-corrected chi connectivity index (χ4v) is 3.77. The quantitative estimate of drug-likeness (QED) is 0.715. The Kier molecular flexibility index (Phi) is 4.38. The molecule has 0 saturated carbocycles. The molecule has 0 spiro atoms. The molecule has 1 N–H and O–H groups in total. The number of rotatable bonds is 3. The van der Waals surface area contributed by atoms with Gasteiger partial charge >= 0.3 is 0 Å². The van der Waals surface area contributed by atoms with Gasteiger partial charge in [-0.3, -0.25) is 9.59 Å². The van der Waals surface area contributed by atoms with Crippen LogP contribution in [0.15, 0.2) is 58.2 Å². The van der Waals surface area contributed by atoms with Crippen LogP contribution in [0.3, 0.4) is 0 Å². The highest BCUT2D eigenvalue weighted by Crippen LogP contribution is 2.32. The lowest BCUT2D eigenvalue weighted by Crippen LogP contribution is -2.40. The minimum absolute atomic E-state index is 0.0892. The van der Waals surface area contributed by atoms with Crippen LogP contribution in [0.2, 0.25) is 0 Å². The monoisotopic (exact) mass is 367 g/mol. The zero-order valence-electron chi connectivity index (χ0n) is 14.1. The fraction of sp³-hybridized carbons (Fsp3) is 0.211. The molecular formula is C19H17N3O3S. The number of hydrogen-bond donors (Lipinski definition) is 1. The van der Waals surface area contributed by atoms with Crippen molar-refractivity contribution < 1.29 is 14.0 Å². The second kappa shape index (κ2) is 6.84. The van der Waals surface area contributed by atoms with Gasteiger partial charge < -0.3 is 14.6 Å². The first kappa shape index (κ1) is 16.7. The highest BCUT2D eigenvalue weighted by molar-refractivity contribution is 7.99. The molecule has 26 heavy (non-hydrogen) atoms. The SMILES string of the molecule is CC1CC(=O)Nc2ccccc2N1C(=O)CSc1nc2ccccc2o1. The molecule has 7 heteroatoms. The summed E-state index contributed by atoms with van der Waals surface area (Å²) in [5.74, 6) is 0.000208. The maximum atomic E-state index is 12.9. The number of nitrogens with zero attached hydrogens (tertiary/aromatic N) is 2. The summed E-state index contributed by atoms with van der Waals surface area (Å²) in [6.07, 6.45) is 0.258. The smallest absolute Gasteiger partial charge is 0.257 e. The second-order valence-electron chi connectivity index (χ2n) is 6.12. The number of amides is 2. The highest BCUT2D eigenvalue weighted by atomic mass is 32.2. The molecule has 1 aliphatic heterocycles. The lowest BCUT2D eigenvalue weighted by Gasteiger charge is -2.27. The van der Waals surface area contributed by atoms with Crippen molar-refractivity contribution in [1.82, 2.24) is 4.98 Å². The molecule has 1 aliphatic rings. The van der Waals surface area contributed by atoms with Crippen molar-refractivity contribution in [2.24, 2.45) is 0 Å². The van der Waals surface area contributed by atoms with E-state index in [0.717, 1.165) is 5.52 Å². The molecule has 2 heterocycles. The van der Waals surface area contributed by atoms with Crippen LogP contribution >= 0.6 is 11.8 Å². The first-order valence-electron chi connectivity index (χ1n) is 8.31. The summed E-state index contributed by atoms with van der Waals surface area (Å²) in [7, 11) is 0. The van der Waals surface area contributed by atoms with E-state index in [9.17, 15) is 9.59 Å². The van der Waals surface area contributed by atoms with Gasteiger partial charge in [0.05, 0.1) is 17.1 Å². The van der Waals surface area contributed by atoms with E-state index in [-0.39, 0.29) is 30.0 Å². The average Bonchev–Trinajstić information content (AvgIpc) is 2.98. The van der Waals surface area contributed by atoms with E-state index in [0.29, 0.717) is 22.2 Å². The summed E-state index contributed by atoms with van der Waals surface area (Å²) in [6.45, 7) is 1.88. The number of oxazole rings is 1. The molecule has 132 valence electrons. The molecular weight excluding hydrogens is 350 g/mol. The molecule has 2 amide bonds. The Labute approximate surface area is 154 Å². The zero-order chi connectivity index (χ0) is 18.1. The largest absolute Gasteiger partial charge is 0.431 e. The molecule has 3 aromatic rings. The first-order valence-corrected chi connectivity index (χ1v) is 9.29. The topological polar surface area (TPSA) is 75.4 Å². The fourth-order valence-electron chi connectivity index (χ4n) is 3.07. The standard InChI is InChI=1S/C19H17N3O3S/c1-12-10-17(23)20-13-6-2-4-8-15(13)22(12)18(24)11-26-19-21-14-7-3-5-9-16(14)25-19/h2-9,12H,10-11H2,1H3,(H,20,23). The number of fused-ring (bicyclic) bond motifs is 2. The van der Waals surface area contributed by atoms with E-state index < -0.39 is 0 Å². The summed E-state index contributed by atoms with van der Waals surface area (Å²) in [5, 5.41) is 3.32. The molecule has 1 aromatic heterocycles. The van der Waals surface area contributed by atoms with E-state index in [2.05, 4.69) is 10.3 Å². The predicted molar refractivity (Wildman–Crippen MR) is 101 cm³/mol. The van der Waals surface area contributed by atoms with E-state index in [1.165, 1.54) is 11.8 Å². The number of aromatic nitrogens is 1. The second-order valence-corrected chi connectivity index (χ2v) is 7.04. The third-order valence-electron chi connectivity index (χ3n) is 4.22. The van der Waals surface area contributed by atoms with Gasteiger partial charge in [0, 0.05) is 12.5 Å². The van der Waals surface area contributed by atoms with Crippen molar-refractivity contribution >= 4 is 46.1 Å². The number of carbonyl (C=O) groups is 2. The van der Waals surface area contributed by atoms with E-state index in [4.69, 9.17) is 4.42 Å². The number of para-hydroxylation sites is 4. The molecule has 0 fully saturated rings. The first-order chi connectivity index (χ1) is 12.6. The van der Waals surface area contributed by atoms with Crippen LogP contribution in [0.25, 0.3) is 11.1 Å². The molecule has 0 aliphatic carbocycles. The van der Waals surface area contributed by atoms with Gasteiger partial charge in [0.1, 0.15) is 5.52 Å². The van der Waals surface area contributed by atoms with Crippen LogP contribution < -0.4 is 10.2 Å². The van der Waals surface area contributed by atoms with Gasteiger partial charge in [-0.2, -0.15) is 0 Å². The van der Waals surface area contributed by atoms with Gasteiger partial charge in [0.2, 0.25) is 11.8 Å². The van der Waals surface area contributed by atoms with Crippen LogP contribution in [0.1, 0.15) is 13.3 Å². The number of hydrogen-bond acceptors (Lipinski definition) is 5. The van der Waals surface area contributed by atoms with Crippen molar-refractivity contribution in [2.75, 3.05) is 16.0 Å². The molecule has 4 rings (SSSR count). The van der Waals surface area contributed by atoms with Crippen molar-refractivity contribution in [1.29, 1.82) is 0 Å². The number of benzene rings is 2. The van der Waals surface area contributed by atoms with Crippen molar-refractivity contribution in [3.8, 4) is 0 Å². The molecule has 1 unspecified atom stereocenters. The number of carbonyl (C=O) groups excluding carboxylic acids is 2. The Morgan fingerprint density at radius 1 is 1.27 bits per heavy atom. The van der Waals surface area contributed by atoms with Crippen LogP contribution in [-0.4, -0.2) is 28.6 Å². The summed E-state index contributed by atoms with van der Waals surface area (Å²) >= 11 is 1.26. The van der Waals surface area contributed by atoms with E-state index >= 15 is 0 Å². The van der Waals surface area contributed by atoms with Gasteiger partial charge in [-0.25, -0.2) is 4.98 Å². The molecule has 1 atom stereocenters. The average molecular weight is 367 g/mol. The third-order valence-corrected chi connectivity index (χ3v) is 5.03. The Bertz CT molecular complexity index is 952. The Hall–Kier alpha value is -2.80. The maximum Gasteiger partial charge on any atom is 0.257 e. The van der Waals surface area contributed by atoms with Gasteiger partial charge in [-0.1, -0.05) is 36.0 Å². The lowest BCUT2D eigenvalue weighted by atomic mass is 10.2. The van der Waals surface area contributed by atoms with Gasteiger partial charge in [-0.05, 0) is 31.2 Å². The number of nitrogens with one attached hydrogen (secondary N) is 1. The summed E-state index contributed by atoms with van der Waals surface area (Å²) < 4.78 is 5.66. The van der Waals surface area contributed by atoms with Gasteiger partial charge in [-0.15, -0.1) is 0 Å². The Morgan fingerprint density at radius 2 is 2.04 bits per heavy atom. The summed E-state index contributed by atoms with van der Waals surface area (Å²) in [6, 6.07) is 14.6. The van der Waals surface area contributed by atoms with Crippen molar-refractivity contribution in [3.05, 3.63) is 48.5 Å². The van der Waals surface area contributed by atoms with Gasteiger partial charge in [0.25, 0.3) is 5.22 Å². The van der Waals surface area contributed by atoms with Gasteiger partial charge in [0.15, 0.2) is 5.58 Å². The minimum atomic E-state index is -0.226. The van der Waals surface area contributed by atoms with Crippen LogP contribution in [0, 0.1) is 0 Å². The predicted octanol–water partition coefficient (Wildman–Crippen LogP) is 3.68. The lowest BCUT2D eigenvalue weighted by molar-refractivity contribution is -0.117. The summed E-state index contributed by atoms with van der Waals surface area (Å²) in [4.78, 5) is 31.0. The maximum absolute atomic E-state index is 12.9. The van der Waals surface area contributed by atoms with Crippen molar-refractivity contribution in [3.63, 3.8) is 0 Å². The van der Waals surface area contributed by atoms with E-state index in [1.807, 2.05) is 49.4 Å². The van der Waals surface area contributed by atoms with Crippen LogP contribution in [0.5, 0.6) is 0 Å². The highest BCUT2D eigenvalue weighted by Gasteiger charge is 2.29. The molecule has 6 nitrogen and oxygen atoms in total. The number of thioether (sulfide) groups is 1. The molecule has 0 bridgehead atoms. The van der Waals surface area contributed by atoms with Crippen LogP contribution in [-0.2, 0) is 9.59 Å². The van der Waals surface area contributed by atoms with Crippen molar-refractivity contribution in [2.45, 2.75) is 24.6 Å². The zero-order valence-corrected chi connectivity index (χ0v) is 15.0. The Morgan fingerprint density at radius 3 is 2.88 bits per heavy atom. The minimum Gasteiger partial charge on any atom is -0.431 e. The summed E-state index contributed by atoms with van der Waals surface area (Å²) in [5.41, 5.74) is 2.84. The van der Waals surface area contributed by atoms with E-state index in [1.54, 1.807) is 11.0 Å². The molecule has 2 aromatic carbocycles.